The van der Waals surface area contributed by atoms with Crippen LogP contribution in [0.3, 0.4) is 0 Å². The molecule has 1 aliphatic rings. The molecule has 0 N–H and O–H groups in total. The molecule has 6 aromatic rings. The standard InChI is InChI=1S/C45H3F27N2/c1-4(8-19(46)25(52)13(26(53)20(8)47)16-31(58)37(64)43(70)38(65)32(16)59)7-9(5(2-73)11-21(48)27(54)14(28(55)22(11)49)17-33(60)39(66)44(71)40(67)34(17)61)10(7)6(3-74)12-23(50)29(56)15(30(57)24(12)51)18-35(62)41(68)45(72)42(69)36(18)63/h1H3. The molecule has 0 unspecified atom stereocenters. The van der Waals surface area contributed by atoms with E-state index < -0.39 is 241 Å². The van der Waals surface area contributed by atoms with Crippen molar-refractivity contribution in [1.29, 1.82) is 10.5 Å². The molecule has 0 spiro atoms. The monoisotopic (exact) mass is 1080 g/mol. The number of hydrogen-bond donors (Lipinski definition) is 0. The zero-order valence-electron chi connectivity index (χ0n) is 34.1. The molecule has 0 saturated heterocycles. The van der Waals surface area contributed by atoms with Crippen LogP contribution >= 0.6 is 0 Å². The molecular formula is C45H3F27N2. The minimum Gasteiger partial charge on any atom is -0.203 e. The maximum atomic E-state index is 16.0. The molecule has 0 aliphatic heterocycles. The van der Waals surface area contributed by atoms with Gasteiger partial charge in [0.2, 0.25) is 17.5 Å². The maximum absolute atomic E-state index is 16.0. The van der Waals surface area contributed by atoms with Gasteiger partial charge in [0.05, 0.1) is 61.2 Å². The fraction of sp³-hybridized carbons (Fsp3) is 0.0222. The van der Waals surface area contributed by atoms with Crippen molar-refractivity contribution >= 4 is 16.7 Å². The predicted octanol–water partition coefficient (Wildman–Crippen LogP) is 15.2. The summed E-state index contributed by atoms with van der Waals surface area (Å²) < 4.78 is 404. The van der Waals surface area contributed by atoms with Crippen molar-refractivity contribution in [3.8, 4) is 45.5 Å². The van der Waals surface area contributed by atoms with Crippen LogP contribution in [0.4, 0.5) is 119 Å². The van der Waals surface area contributed by atoms with E-state index in [4.69, 9.17) is 0 Å². The van der Waals surface area contributed by atoms with E-state index in [1.165, 1.54) is 0 Å². The lowest BCUT2D eigenvalue weighted by Gasteiger charge is -2.15. The Morgan fingerprint density at radius 3 is 0.541 bits per heavy atom. The molecule has 1 fully saturated rings. The first-order chi connectivity index (χ1) is 34.4. The van der Waals surface area contributed by atoms with Crippen LogP contribution in [0, 0.1) is 180 Å². The second kappa shape index (κ2) is 18.3. The first kappa shape index (κ1) is 53.4. The number of hydrogen-bond acceptors (Lipinski definition) is 2. The Labute approximate surface area is 388 Å². The second-order valence-corrected chi connectivity index (χ2v) is 14.6. The highest BCUT2D eigenvalue weighted by Gasteiger charge is 2.47. The molecule has 29 heteroatoms. The lowest BCUT2D eigenvalue weighted by atomic mass is 9.95. The van der Waals surface area contributed by atoms with Crippen molar-refractivity contribution < 1.29 is 119 Å². The van der Waals surface area contributed by atoms with Crippen LogP contribution in [-0.2, 0) is 0 Å². The van der Waals surface area contributed by atoms with Crippen molar-refractivity contribution in [2.45, 2.75) is 6.92 Å². The van der Waals surface area contributed by atoms with Crippen molar-refractivity contribution in [3.05, 3.63) is 190 Å². The third-order valence-electron chi connectivity index (χ3n) is 10.8. The topological polar surface area (TPSA) is 47.6 Å². The van der Waals surface area contributed by atoms with E-state index in [9.17, 15) is 76.4 Å². The summed E-state index contributed by atoms with van der Waals surface area (Å²) in [5, 5.41) is 20.3. The van der Waals surface area contributed by atoms with Gasteiger partial charge in [-0.05, 0) is 18.1 Å². The van der Waals surface area contributed by atoms with E-state index in [0.717, 1.165) is 0 Å². The third-order valence-corrected chi connectivity index (χ3v) is 10.8. The van der Waals surface area contributed by atoms with Gasteiger partial charge >= 0.3 is 0 Å². The summed E-state index contributed by atoms with van der Waals surface area (Å²) in [5.41, 5.74) is -36.4. The molecule has 1 saturated carbocycles. The van der Waals surface area contributed by atoms with Crippen LogP contribution in [0.2, 0.25) is 0 Å². The number of nitriles is 2. The Morgan fingerprint density at radius 2 is 0.365 bits per heavy atom. The van der Waals surface area contributed by atoms with E-state index in [1.807, 2.05) is 0 Å². The zero-order chi connectivity index (χ0) is 55.7. The first-order valence-corrected chi connectivity index (χ1v) is 18.5. The number of allylic oxidation sites excluding steroid dienone is 6. The second-order valence-electron chi connectivity index (χ2n) is 14.6. The van der Waals surface area contributed by atoms with Crippen molar-refractivity contribution in [3.63, 3.8) is 0 Å². The Bertz CT molecular complexity index is 3490. The largest absolute Gasteiger partial charge is 0.203 e. The van der Waals surface area contributed by atoms with E-state index in [-0.39, 0.29) is 6.92 Å². The predicted molar refractivity (Wildman–Crippen MR) is 192 cm³/mol. The molecule has 74 heavy (non-hydrogen) atoms. The smallest absolute Gasteiger partial charge is 0.200 e. The van der Waals surface area contributed by atoms with Crippen molar-refractivity contribution in [2.24, 2.45) is 0 Å². The molecule has 0 radical (unpaired) electrons. The van der Waals surface area contributed by atoms with Gasteiger partial charge in [-0.3, -0.25) is 0 Å². The molecule has 1 aliphatic carbocycles. The SMILES string of the molecule is CC(=C1C(=C(C#N)c2c(F)c(F)c(-c3c(F)c(F)c(F)c(F)c3F)c(F)c2F)C1=C(C#N)c1c(F)c(F)c(-c2c(F)c(F)c(F)c(F)c2F)c(F)c1F)c1c(F)c(F)c(-c2c(F)c(F)c(F)c(F)c2F)c(F)c1F. The molecule has 0 amide bonds. The van der Waals surface area contributed by atoms with Gasteiger partial charge in [-0.15, -0.1) is 0 Å². The van der Waals surface area contributed by atoms with Crippen LogP contribution in [0.1, 0.15) is 23.6 Å². The van der Waals surface area contributed by atoms with Gasteiger partial charge in [0.25, 0.3) is 0 Å². The van der Waals surface area contributed by atoms with Gasteiger partial charge < -0.3 is 0 Å². The fourth-order valence-corrected chi connectivity index (χ4v) is 7.46. The van der Waals surface area contributed by atoms with Crippen LogP contribution in [0.25, 0.3) is 50.1 Å². The Morgan fingerprint density at radius 1 is 0.216 bits per heavy atom. The minimum atomic E-state index is -3.24. The number of halogens is 27. The zero-order valence-corrected chi connectivity index (χ0v) is 34.1. The summed E-state index contributed by atoms with van der Waals surface area (Å²) in [6.45, 7) is 0.0745. The normalized spacial score (nSPS) is 13.7. The Balaban J connectivity index is 1.65. The molecular weight excluding hydrogens is 1080 g/mol. The average molecular weight is 1080 g/mol. The molecule has 0 atom stereocenters. The van der Waals surface area contributed by atoms with Crippen LogP contribution in [-0.4, -0.2) is 0 Å². The van der Waals surface area contributed by atoms with E-state index in [1.54, 1.807) is 0 Å². The molecule has 0 heterocycles. The Kier molecular flexibility index (Phi) is 13.2. The highest BCUT2D eigenvalue weighted by atomic mass is 19.2. The lowest BCUT2D eigenvalue weighted by Crippen LogP contribution is -2.11. The number of benzene rings is 6. The summed E-state index contributed by atoms with van der Waals surface area (Å²) in [6, 6.07) is 1.34. The van der Waals surface area contributed by atoms with Crippen molar-refractivity contribution in [2.75, 3.05) is 0 Å². The minimum absolute atomic E-state index is 0.0745. The fourth-order valence-electron chi connectivity index (χ4n) is 7.46. The van der Waals surface area contributed by atoms with Gasteiger partial charge in [0, 0.05) is 11.1 Å². The molecule has 7 rings (SSSR count). The summed E-state index contributed by atoms with van der Waals surface area (Å²) >= 11 is 0. The molecule has 0 bridgehead atoms. The summed E-state index contributed by atoms with van der Waals surface area (Å²) in [4.78, 5) is 0. The summed E-state index contributed by atoms with van der Waals surface area (Å²) in [6.07, 6.45) is 0. The lowest BCUT2D eigenvalue weighted by molar-refractivity contribution is 0.379. The van der Waals surface area contributed by atoms with Gasteiger partial charge in [0.1, 0.15) is 12.1 Å². The van der Waals surface area contributed by atoms with Crippen LogP contribution in [0.15, 0.2) is 16.7 Å². The van der Waals surface area contributed by atoms with Gasteiger partial charge in [-0.25, -0.2) is 119 Å². The highest BCUT2D eigenvalue weighted by Crippen LogP contribution is 2.58. The van der Waals surface area contributed by atoms with Gasteiger partial charge in [-0.2, -0.15) is 10.5 Å². The number of nitrogens with zero attached hydrogens (tertiary/aromatic N) is 2. The number of rotatable bonds is 6. The quantitative estimate of drug-likeness (QED) is 0.0722. The molecule has 6 aromatic carbocycles. The highest BCUT2D eigenvalue weighted by molar-refractivity contribution is 6.10. The van der Waals surface area contributed by atoms with E-state index >= 15 is 52.7 Å². The van der Waals surface area contributed by atoms with Gasteiger partial charge in [0.15, 0.2) is 140 Å². The summed E-state index contributed by atoms with van der Waals surface area (Å²) in [5.74, 6) is -84.4. The molecule has 0 aromatic heterocycles. The average Bonchev–Trinajstić information content (AvgIpc) is 4.10. The molecule has 2 nitrogen and oxygen atoms in total. The Hall–Kier alpha value is -8.37. The van der Waals surface area contributed by atoms with E-state index in [2.05, 4.69) is 0 Å². The molecule has 382 valence electrons. The van der Waals surface area contributed by atoms with E-state index in [0.29, 0.717) is 12.1 Å². The summed E-state index contributed by atoms with van der Waals surface area (Å²) in [7, 11) is 0. The third kappa shape index (κ3) is 7.24. The maximum Gasteiger partial charge on any atom is 0.200 e. The van der Waals surface area contributed by atoms with Crippen LogP contribution < -0.4 is 0 Å². The van der Waals surface area contributed by atoms with Gasteiger partial charge in [-0.1, -0.05) is 0 Å². The van der Waals surface area contributed by atoms with Crippen molar-refractivity contribution in [1.82, 2.24) is 0 Å². The van der Waals surface area contributed by atoms with Crippen LogP contribution in [0.5, 0.6) is 0 Å². The first-order valence-electron chi connectivity index (χ1n) is 18.5.